The summed E-state index contributed by atoms with van der Waals surface area (Å²) in [6.07, 6.45) is -0.0725. The van der Waals surface area contributed by atoms with E-state index < -0.39 is 0 Å². The maximum absolute atomic E-state index is 11.1. The average Bonchev–Trinajstić information content (AvgIpc) is 2.33. The van der Waals surface area contributed by atoms with Crippen LogP contribution in [0.25, 0.3) is 0 Å². The first-order valence-corrected chi connectivity index (χ1v) is 4.58. The predicted molar refractivity (Wildman–Crippen MR) is 50.8 cm³/mol. The molecule has 0 aliphatic carbocycles. The Morgan fingerprint density at radius 3 is 2.77 bits per heavy atom. The summed E-state index contributed by atoms with van der Waals surface area (Å²) >= 11 is 1.21. The first-order valence-electron chi connectivity index (χ1n) is 3.80. The highest BCUT2D eigenvalue weighted by atomic mass is 32.1. The van der Waals surface area contributed by atoms with E-state index in [9.17, 15) is 9.59 Å². The minimum atomic E-state index is -0.281. The van der Waals surface area contributed by atoms with E-state index in [0.29, 0.717) is 5.00 Å². The van der Waals surface area contributed by atoms with Crippen molar-refractivity contribution in [1.82, 2.24) is 4.37 Å². The maximum atomic E-state index is 11.1. The van der Waals surface area contributed by atoms with Crippen LogP contribution in [0.5, 0.6) is 0 Å². The van der Waals surface area contributed by atoms with Crippen molar-refractivity contribution in [3.8, 4) is 0 Å². The number of aromatic nitrogens is 1. The maximum Gasteiger partial charge on any atom is 0.232 e. The Bertz CT molecular complexity index is 333. The third-order valence-corrected chi connectivity index (χ3v) is 2.10. The molecule has 0 aliphatic heterocycles. The van der Waals surface area contributed by atoms with E-state index in [1.54, 1.807) is 6.07 Å². The molecular weight excluding hydrogens is 188 g/mol. The van der Waals surface area contributed by atoms with Gasteiger partial charge in [0.15, 0.2) is 0 Å². The summed E-state index contributed by atoms with van der Waals surface area (Å²) in [5.41, 5.74) is 0.864. The van der Waals surface area contributed by atoms with E-state index in [0.717, 1.165) is 5.69 Å². The molecule has 0 saturated carbocycles. The molecule has 1 aromatic heterocycles. The largest absolute Gasteiger partial charge is 0.316 e. The molecule has 4 nitrogen and oxygen atoms in total. The van der Waals surface area contributed by atoms with Crippen LogP contribution < -0.4 is 5.32 Å². The van der Waals surface area contributed by atoms with Gasteiger partial charge in [0.25, 0.3) is 0 Å². The van der Waals surface area contributed by atoms with Crippen LogP contribution in [0.3, 0.4) is 0 Å². The zero-order valence-corrected chi connectivity index (χ0v) is 8.27. The lowest BCUT2D eigenvalue weighted by Gasteiger charge is -1.97. The number of carbonyl (C=O) groups is 2. The molecule has 13 heavy (non-hydrogen) atoms. The Balaban J connectivity index is 2.50. The van der Waals surface area contributed by atoms with Crippen LogP contribution >= 0.6 is 11.5 Å². The number of rotatable bonds is 3. The van der Waals surface area contributed by atoms with Crippen molar-refractivity contribution in [3.05, 3.63) is 11.8 Å². The second-order valence-corrected chi connectivity index (χ2v) is 3.56. The van der Waals surface area contributed by atoms with Crippen molar-refractivity contribution < 1.29 is 9.59 Å². The van der Waals surface area contributed by atoms with E-state index in [-0.39, 0.29) is 18.1 Å². The molecule has 70 valence electrons. The van der Waals surface area contributed by atoms with E-state index >= 15 is 0 Å². The number of hydrogen-bond donors (Lipinski definition) is 1. The summed E-state index contributed by atoms with van der Waals surface area (Å²) in [7, 11) is 0. The Kier molecular flexibility index (Phi) is 3.13. The number of amides is 1. The van der Waals surface area contributed by atoms with Gasteiger partial charge in [0, 0.05) is 0 Å². The van der Waals surface area contributed by atoms with Gasteiger partial charge in [-0.1, -0.05) is 0 Å². The normalized spacial score (nSPS) is 9.69. The predicted octanol–water partition coefficient (Wildman–Crippen LogP) is 1.37. The average molecular weight is 198 g/mol. The Morgan fingerprint density at radius 1 is 1.62 bits per heavy atom. The van der Waals surface area contributed by atoms with Crippen LogP contribution in [0.1, 0.15) is 19.0 Å². The summed E-state index contributed by atoms with van der Waals surface area (Å²) in [6.45, 7) is 3.23. The summed E-state index contributed by atoms with van der Waals surface area (Å²) in [4.78, 5) is 21.7. The third-order valence-electron chi connectivity index (χ3n) is 1.30. The number of ketones is 1. The van der Waals surface area contributed by atoms with E-state index in [2.05, 4.69) is 9.69 Å². The number of carbonyl (C=O) groups excluding carboxylic acids is 2. The van der Waals surface area contributed by atoms with Crippen LogP contribution in [-0.2, 0) is 9.59 Å². The molecule has 5 heteroatoms. The molecule has 0 aromatic carbocycles. The molecule has 1 heterocycles. The number of nitrogens with zero attached hydrogens (tertiary/aromatic N) is 1. The highest BCUT2D eigenvalue weighted by Gasteiger charge is 2.06. The van der Waals surface area contributed by atoms with Crippen LogP contribution in [0.2, 0.25) is 0 Å². The Labute approximate surface area is 80.1 Å². The van der Waals surface area contributed by atoms with Crippen LogP contribution in [-0.4, -0.2) is 16.1 Å². The zero-order chi connectivity index (χ0) is 9.84. The fourth-order valence-electron chi connectivity index (χ4n) is 0.830. The summed E-state index contributed by atoms with van der Waals surface area (Å²) < 4.78 is 3.99. The summed E-state index contributed by atoms with van der Waals surface area (Å²) in [5.74, 6) is -0.421. The smallest absolute Gasteiger partial charge is 0.232 e. The van der Waals surface area contributed by atoms with E-state index in [1.165, 1.54) is 18.5 Å². The number of Topliss-reactive ketones (excluding diaryl/α,β-unsaturated/α-hetero) is 1. The highest BCUT2D eigenvalue weighted by molar-refractivity contribution is 7.10. The van der Waals surface area contributed by atoms with Crippen molar-refractivity contribution in [2.45, 2.75) is 20.3 Å². The van der Waals surface area contributed by atoms with Crippen molar-refractivity contribution in [1.29, 1.82) is 0 Å². The first-order chi connectivity index (χ1) is 6.08. The lowest BCUT2D eigenvalue weighted by molar-refractivity contribution is -0.124. The van der Waals surface area contributed by atoms with Gasteiger partial charge in [-0.3, -0.25) is 9.59 Å². The lowest BCUT2D eigenvalue weighted by Crippen LogP contribution is -2.13. The zero-order valence-electron chi connectivity index (χ0n) is 7.46. The number of anilines is 1. The van der Waals surface area contributed by atoms with Gasteiger partial charge < -0.3 is 5.32 Å². The third kappa shape index (κ3) is 3.33. The van der Waals surface area contributed by atoms with Crippen molar-refractivity contribution in [2.24, 2.45) is 0 Å². The van der Waals surface area contributed by atoms with Crippen molar-refractivity contribution >= 4 is 28.2 Å². The minimum Gasteiger partial charge on any atom is -0.316 e. The minimum absolute atomic E-state index is 0.0725. The second-order valence-electron chi connectivity index (χ2n) is 2.76. The fourth-order valence-corrected chi connectivity index (χ4v) is 1.51. The fraction of sp³-hybridized carbons (Fsp3) is 0.375. The van der Waals surface area contributed by atoms with Gasteiger partial charge in [0.1, 0.15) is 10.8 Å². The molecule has 0 radical (unpaired) electrons. The molecule has 0 bridgehead atoms. The topological polar surface area (TPSA) is 59.1 Å². The van der Waals surface area contributed by atoms with Crippen LogP contribution in [0, 0.1) is 6.92 Å². The van der Waals surface area contributed by atoms with Crippen molar-refractivity contribution in [2.75, 3.05) is 5.32 Å². The molecule has 0 fully saturated rings. The molecular formula is C8H10N2O2S. The molecule has 0 saturated heterocycles. The SMILES string of the molecule is CC(=O)CC(=O)Nc1cc(C)ns1. The summed E-state index contributed by atoms with van der Waals surface area (Å²) in [6, 6.07) is 1.77. The van der Waals surface area contributed by atoms with Crippen LogP contribution in [0.4, 0.5) is 5.00 Å². The number of nitrogens with one attached hydrogen (secondary N) is 1. The van der Waals surface area contributed by atoms with E-state index in [4.69, 9.17) is 0 Å². The van der Waals surface area contributed by atoms with Gasteiger partial charge >= 0.3 is 0 Å². The Morgan fingerprint density at radius 2 is 2.31 bits per heavy atom. The first kappa shape index (κ1) is 9.85. The van der Waals surface area contributed by atoms with Gasteiger partial charge in [-0.05, 0) is 31.4 Å². The summed E-state index contributed by atoms with van der Waals surface area (Å²) in [5, 5.41) is 3.27. The highest BCUT2D eigenvalue weighted by Crippen LogP contribution is 2.15. The second kappa shape index (κ2) is 4.13. The number of aryl methyl sites for hydroxylation is 1. The van der Waals surface area contributed by atoms with Crippen LogP contribution in [0.15, 0.2) is 6.07 Å². The number of hydrogen-bond acceptors (Lipinski definition) is 4. The van der Waals surface area contributed by atoms with Crippen molar-refractivity contribution in [3.63, 3.8) is 0 Å². The molecule has 0 atom stereocenters. The van der Waals surface area contributed by atoms with Gasteiger partial charge in [0.2, 0.25) is 5.91 Å². The van der Waals surface area contributed by atoms with Gasteiger partial charge in [0.05, 0.1) is 12.1 Å². The monoisotopic (exact) mass is 198 g/mol. The standard InChI is InChI=1S/C8H10N2O2S/c1-5-3-8(13-10-5)9-7(12)4-6(2)11/h3H,4H2,1-2H3,(H,9,12). The lowest BCUT2D eigenvalue weighted by atomic mass is 10.3. The quantitative estimate of drug-likeness (QED) is 0.746. The van der Waals surface area contributed by atoms with E-state index in [1.807, 2.05) is 6.92 Å². The molecule has 1 rings (SSSR count). The van der Waals surface area contributed by atoms with Gasteiger partial charge in [-0.25, -0.2) is 0 Å². The molecule has 0 aliphatic rings. The Hall–Kier alpha value is -1.23. The molecule has 0 unspecified atom stereocenters. The molecule has 1 amide bonds. The molecule has 0 spiro atoms. The van der Waals surface area contributed by atoms with Gasteiger partial charge in [-0.15, -0.1) is 0 Å². The molecule has 1 aromatic rings. The molecule has 1 N–H and O–H groups in total. The van der Waals surface area contributed by atoms with Gasteiger partial charge in [-0.2, -0.15) is 4.37 Å².